The molecule has 23 heavy (non-hydrogen) atoms. The van der Waals surface area contributed by atoms with E-state index in [9.17, 15) is 4.79 Å². The fourth-order valence-corrected chi connectivity index (χ4v) is 3.43. The van der Waals surface area contributed by atoms with E-state index in [0.29, 0.717) is 22.9 Å². The first-order valence-electron chi connectivity index (χ1n) is 7.19. The van der Waals surface area contributed by atoms with Crippen LogP contribution < -0.4 is 14.8 Å². The van der Waals surface area contributed by atoms with E-state index in [1.165, 1.54) is 11.3 Å². The lowest BCUT2D eigenvalue weighted by Gasteiger charge is -2.12. The molecule has 0 aliphatic heterocycles. The van der Waals surface area contributed by atoms with Gasteiger partial charge in [-0.3, -0.25) is 4.79 Å². The summed E-state index contributed by atoms with van der Waals surface area (Å²) in [6.45, 7) is 0.382. The first kappa shape index (κ1) is 15.4. The summed E-state index contributed by atoms with van der Waals surface area (Å²) in [6, 6.07) is 15.5. The number of benzene rings is 2. The Morgan fingerprint density at radius 2 is 1.91 bits per heavy atom. The lowest BCUT2D eigenvalue weighted by molar-refractivity contribution is 0.0954. The van der Waals surface area contributed by atoms with E-state index >= 15 is 0 Å². The van der Waals surface area contributed by atoms with Crippen molar-refractivity contribution in [1.82, 2.24) is 5.32 Å². The number of carbonyl (C=O) groups excluding carboxylic acids is 1. The van der Waals surface area contributed by atoms with Gasteiger partial charge in [-0.05, 0) is 23.6 Å². The zero-order valence-corrected chi connectivity index (χ0v) is 13.8. The topological polar surface area (TPSA) is 47.6 Å². The van der Waals surface area contributed by atoms with Crippen molar-refractivity contribution in [3.05, 3.63) is 59.0 Å². The first-order chi connectivity index (χ1) is 11.2. The Morgan fingerprint density at radius 3 is 2.65 bits per heavy atom. The molecule has 0 radical (unpaired) electrons. The first-order valence-corrected chi connectivity index (χ1v) is 8.01. The van der Waals surface area contributed by atoms with Crippen LogP contribution in [-0.2, 0) is 6.54 Å². The Balaban J connectivity index is 1.76. The van der Waals surface area contributed by atoms with Crippen LogP contribution in [0.3, 0.4) is 0 Å². The summed E-state index contributed by atoms with van der Waals surface area (Å²) in [5.41, 5.74) is 0.876. The molecule has 0 bridgehead atoms. The highest BCUT2D eigenvalue weighted by Crippen LogP contribution is 2.31. The summed E-state index contributed by atoms with van der Waals surface area (Å²) in [7, 11) is 3.19. The predicted octanol–water partition coefficient (Wildman–Crippen LogP) is 3.85. The van der Waals surface area contributed by atoms with Gasteiger partial charge in [0.25, 0.3) is 5.91 Å². The molecule has 1 amide bonds. The lowest BCUT2D eigenvalue weighted by atomic mass is 10.2. The molecule has 0 saturated carbocycles. The average Bonchev–Trinajstić information content (AvgIpc) is 3.03. The van der Waals surface area contributed by atoms with Crippen molar-refractivity contribution >= 4 is 27.3 Å². The Hall–Kier alpha value is -2.53. The number of carbonyl (C=O) groups is 1. The zero-order chi connectivity index (χ0) is 16.2. The van der Waals surface area contributed by atoms with Crippen molar-refractivity contribution in [3.8, 4) is 11.5 Å². The lowest BCUT2D eigenvalue weighted by Crippen LogP contribution is -2.22. The summed E-state index contributed by atoms with van der Waals surface area (Å²) < 4.78 is 11.8. The van der Waals surface area contributed by atoms with Gasteiger partial charge in [-0.1, -0.05) is 30.3 Å². The quantitative estimate of drug-likeness (QED) is 0.774. The molecule has 1 aromatic heterocycles. The number of amides is 1. The largest absolute Gasteiger partial charge is 0.493 e. The van der Waals surface area contributed by atoms with Crippen LogP contribution in [0.2, 0.25) is 0 Å². The fourth-order valence-electron chi connectivity index (χ4n) is 2.45. The van der Waals surface area contributed by atoms with E-state index in [2.05, 4.69) is 5.32 Å². The van der Waals surface area contributed by atoms with Crippen LogP contribution in [0.1, 0.15) is 15.2 Å². The van der Waals surface area contributed by atoms with Gasteiger partial charge in [-0.15, -0.1) is 11.3 Å². The maximum atomic E-state index is 12.4. The minimum absolute atomic E-state index is 0.0870. The standard InChI is InChI=1S/C18H17NO3S/c1-21-14-8-5-7-13(17(14)22-2)11-19-18(20)16-10-12-6-3-4-9-15(12)23-16/h3-10H,11H2,1-2H3,(H,19,20). The number of fused-ring (bicyclic) bond motifs is 1. The van der Waals surface area contributed by atoms with Crippen molar-refractivity contribution in [2.75, 3.05) is 14.2 Å². The number of hydrogen-bond acceptors (Lipinski definition) is 4. The van der Waals surface area contributed by atoms with Crippen LogP contribution >= 0.6 is 11.3 Å². The molecule has 0 atom stereocenters. The number of methoxy groups -OCH3 is 2. The Bertz CT molecular complexity index is 808. The minimum atomic E-state index is -0.0870. The SMILES string of the molecule is COc1cccc(CNC(=O)c2cc3ccccc3s2)c1OC. The third-order valence-electron chi connectivity index (χ3n) is 3.57. The van der Waals surface area contributed by atoms with E-state index in [0.717, 1.165) is 15.6 Å². The Labute approximate surface area is 138 Å². The number of para-hydroxylation sites is 1. The average molecular weight is 327 g/mol. The van der Waals surface area contributed by atoms with Crippen LogP contribution in [-0.4, -0.2) is 20.1 Å². The van der Waals surface area contributed by atoms with Crippen molar-refractivity contribution in [2.45, 2.75) is 6.54 Å². The summed E-state index contributed by atoms with van der Waals surface area (Å²) in [5, 5.41) is 4.02. The minimum Gasteiger partial charge on any atom is -0.493 e. The molecule has 0 unspecified atom stereocenters. The molecule has 1 N–H and O–H groups in total. The third kappa shape index (κ3) is 3.14. The highest BCUT2D eigenvalue weighted by molar-refractivity contribution is 7.20. The van der Waals surface area contributed by atoms with Gasteiger partial charge in [0.1, 0.15) is 0 Å². The number of rotatable bonds is 5. The number of thiophene rings is 1. The number of nitrogens with one attached hydrogen (secondary N) is 1. The molecule has 4 nitrogen and oxygen atoms in total. The van der Waals surface area contributed by atoms with Crippen LogP contribution in [0.5, 0.6) is 11.5 Å². The van der Waals surface area contributed by atoms with Gasteiger partial charge >= 0.3 is 0 Å². The summed E-state index contributed by atoms with van der Waals surface area (Å²) in [6.07, 6.45) is 0. The molecule has 0 fully saturated rings. The molecule has 5 heteroatoms. The maximum absolute atomic E-state index is 12.4. The molecule has 0 aliphatic rings. The van der Waals surface area contributed by atoms with E-state index in [4.69, 9.17) is 9.47 Å². The molecule has 2 aromatic carbocycles. The predicted molar refractivity (Wildman–Crippen MR) is 92.5 cm³/mol. The monoisotopic (exact) mass is 327 g/mol. The maximum Gasteiger partial charge on any atom is 0.261 e. The molecule has 1 heterocycles. The van der Waals surface area contributed by atoms with Gasteiger partial charge in [0, 0.05) is 16.8 Å². The molecular weight excluding hydrogens is 310 g/mol. The van der Waals surface area contributed by atoms with Gasteiger partial charge in [0.05, 0.1) is 19.1 Å². The molecular formula is C18H17NO3S. The van der Waals surface area contributed by atoms with Crippen LogP contribution in [0.4, 0.5) is 0 Å². The third-order valence-corrected chi connectivity index (χ3v) is 4.69. The van der Waals surface area contributed by atoms with Gasteiger partial charge in [0.2, 0.25) is 0 Å². The number of hydrogen-bond donors (Lipinski definition) is 1. The second kappa shape index (κ2) is 6.71. The van der Waals surface area contributed by atoms with Gasteiger partial charge in [0.15, 0.2) is 11.5 Å². The second-order valence-electron chi connectivity index (χ2n) is 4.98. The molecule has 3 rings (SSSR count). The molecule has 0 spiro atoms. The van der Waals surface area contributed by atoms with Crippen molar-refractivity contribution in [2.24, 2.45) is 0 Å². The zero-order valence-electron chi connectivity index (χ0n) is 13.0. The highest BCUT2D eigenvalue weighted by Gasteiger charge is 2.13. The van der Waals surface area contributed by atoms with Crippen LogP contribution in [0.15, 0.2) is 48.5 Å². The normalized spacial score (nSPS) is 10.5. The second-order valence-corrected chi connectivity index (χ2v) is 6.07. The fraction of sp³-hybridized carbons (Fsp3) is 0.167. The van der Waals surface area contributed by atoms with Crippen molar-refractivity contribution in [1.29, 1.82) is 0 Å². The summed E-state index contributed by atoms with van der Waals surface area (Å²) in [4.78, 5) is 13.1. The highest BCUT2D eigenvalue weighted by atomic mass is 32.1. The Kier molecular flexibility index (Phi) is 4.48. The van der Waals surface area contributed by atoms with Crippen LogP contribution in [0, 0.1) is 0 Å². The Morgan fingerprint density at radius 1 is 1.09 bits per heavy atom. The van der Waals surface area contributed by atoms with Gasteiger partial charge in [-0.2, -0.15) is 0 Å². The molecule has 118 valence electrons. The van der Waals surface area contributed by atoms with Gasteiger partial charge in [-0.25, -0.2) is 0 Å². The van der Waals surface area contributed by atoms with Crippen molar-refractivity contribution < 1.29 is 14.3 Å². The molecule has 0 aliphatic carbocycles. The van der Waals surface area contributed by atoms with Crippen LogP contribution in [0.25, 0.3) is 10.1 Å². The number of ether oxygens (including phenoxy) is 2. The summed E-state index contributed by atoms with van der Waals surface area (Å²) in [5.74, 6) is 1.21. The van der Waals surface area contributed by atoms with E-state index < -0.39 is 0 Å². The van der Waals surface area contributed by atoms with Gasteiger partial charge < -0.3 is 14.8 Å². The molecule has 3 aromatic rings. The smallest absolute Gasteiger partial charge is 0.261 e. The van der Waals surface area contributed by atoms with Crippen molar-refractivity contribution in [3.63, 3.8) is 0 Å². The molecule has 0 saturated heterocycles. The summed E-state index contributed by atoms with van der Waals surface area (Å²) >= 11 is 1.49. The van der Waals surface area contributed by atoms with E-state index in [1.54, 1.807) is 14.2 Å². The van der Waals surface area contributed by atoms with E-state index in [1.807, 2.05) is 48.5 Å². The van der Waals surface area contributed by atoms with E-state index in [-0.39, 0.29) is 5.91 Å².